The molecule has 0 bridgehead atoms. The Balaban J connectivity index is 1.65. The zero-order valence-electron chi connectivity index (χ0n) is 13.5. The Morgan fingerprint density at radius 3 is 2.92 bits per heavy atom. The molecule has 1 aromatic carbocycles. The van der Waals surface area contributed by atoms with Crippen molar-refractivity contribution in [2.45, 2.75) is 20.0 Å². The van der Waals surface area contributed by atoms with Gasteiger partial charge in [0.15, 0.2) is 11.5 Å². The van der Waals surface area contributed by atoms with Crippen LogP contribution in [0.5, 0.6) is 11.5 Å². The van der Waals surface area contributed by atoms with E-state index in [0.717, 1.165) is 30.8 Å². The summed E-state index contributed by atoms with van der Waals surface area (Å²) in [4.78, 5) is 4.82. The first-order valence-corrected chi connectivity index (χ1v) is 9.74. The summed E-state index contributed by atoms with van der Waals surface area (Å²) in [5.74, 6) is 0.880. The van der Waals surface area contributed by atoms with Gasteiger partial charge in [-0.1, -0.05) is 0 Å². The lowest BCUT2D eigenvalue weighted by Gasteiger charge is -2.18. The molecule has 3 heterocycles. The molecule has 4 rings (SSSR count). The number of aryl methyl sites for hydroxylation is 1. The van der Waals surface area contributed by atoms with Crippen LogP contribution in [0.1, 0.15) is 16.0 Å². The summed E-state index contributed by atoms with van der Waals surface area (Å²) in [7, 11) is 0. The standard InChI is InChI=1S/C19H19NO2S2/c1-13-2-3-18(24-13)15-8-16-11-20(10-14-4-7-23-12-14)5-6-22-19(16)17(21)9-15/h2-4,7-9,12,21H,5-6,10-11H2,1H3. The van der Waals surface area contributed by atoms with E-state index in [4.69, 9.17) is 4.74 Å². The fraction of sp³-hybridized carbons (Fsp3) is 0.263. The summed E-state index contributed by atoms with van der Waals surface area (Å²) < 4.78 is 5.84. The molecule has 0 saturated carbocycles. The number of hydrogen-bond donors (Lipinski definition) is 1. The third kappa shape index (κ3) is 3.20. The molecule has 0 fully saturated rings. The van der Waals surface area contributed by atoms with Crippen molar-refractivity contribution < 1.29 is 9.84 Å². The summed E-state index contributed by atoms with van der Waals surface area (Å²) in [6.45, 7) is 5.26. The molecule has 0 atom stereocenters. The Morgan fingerprint density at radius 2 is 2.17 bits per heavy atom. The van der Waals surface area contributed by atoms with E-state index in [1.54, 1.807) is 22.7 Å². The number of hydrogen-bond acceptors (Lipinski definition) is 5. The molecule has 2 aromatic heterocycles. The Kier molecular flexibility index (Phi) is 4.31. The molecule has 0 radical (unpaired) electrons. The van der Waals surface area contributed by atoms with Gasteiger partial charge in [-0.2, -0.15) is 11.3 Å². The number of phenols is 1. The molecule has 1 N–H and O–H groups in total. The van der Waals surface area contributed by atoms with Gasteiger partial charge in [0.05, 0.1) is 0 Å². The molecule has 0 amide bonds. The van der Waals surface area contributed by atoms with Crippen molar-refractivity contribution in [3.8, 4) is 21.9 Å². The van der Waals surface area contributed by atoms with Gasteiger partial charge in [-0.3, -0.25) is 4.90 Å². The number of rotatable bonds is 3. The monoisotopic (exact) mass is 357 g/mol. The van der Waals surface area contributed by atoms with Crippen LogP contribution in [0.3, 0.4) is 0 Å². The predicted octanol–water partition coefficient (Wildman–Crippen LogP) is 4.89. The summed E-state index contributed by atoms with van der Waals surface area (Å²) in [5, 5.41) is 14.7. The third-order valence-corrected chi connectivity index (χ3v) is 5.99. The van der Waals surface area contributed by atoms with E-state index in [9.17, 15) is 5.11 Å². The van der Waals surface area contributed by atoms with Crippen molar-refractivity contribution in [2.24, 2.45) is 0 Å². The zero-order valence-corrected chi connectivity index (χ0v) is 15.1. The smallest absolute Gasteiger partial charge is 0.165 e. The molecule has 0 unspecified atom stereocenters. The second-order valence-corrected chi connectivity index (χ2v) is 8.15. The molecule has 1 aliphatic heterocycles. The first-order chi connectivity index (χ1) is 11.7. The Bertz CT molecular complexity index is 839. The molecular weight excluding hydrogens is 338 g/mol. The number of phenolic OH excluding ortho intramolecular Hbond substituents is 1. The van der Waals surface area contributed by atoms with E-state index in [1.807, 2.05) is 6.07 Å². The number of benzene rings is 1. The van der Waals surface area contributed by atoms with Crippen LogP contribution in [0.4, 0.5) is 0 Å². The van der Waals surface area contributed by atoms with Gasteiger partial charge in [-0.15, -0.1) is 11.3 Å². The summed E-state index contributed by atoms with van der Waals surface area (Å²) in [5.41, 5.74) is 3.45. The van der Waals surface area contributed by atoms with Gasteiger partial charge in [0, 0.05) is 35.0 Å². The first-order valence-electron chi connectivity index (χ1n) is 7.98. The van der Waals surface area contributed by atoms with Crippen LogP contribution in [0.15, 0.2) is 41.1 Å². The molecule has 0 aliphatic carbocycles. The molecule has 0 spiro atoms. The minimum Gasteiger partial charge on any atom is -0.504 e. The molecule has 3 nitrogen and oxygen atoms in total. The van der Waals surface area contributed by atoms with Crippen molar-refractivity contribution >= 4 is 22.7 Å². The summed E-state index contributed by atoms with van der Waals surface area (Å²) >= 11 is 3.47. The second kappa shape index (κ2) is 6.59. The quantitative estimate of drug-likeness (QED) is 0.725. The van der Waals surface area contributed by atoms with Crippen molar-refractivity contribution in [1.29, 1.82) is 0 Å². The average molecular weight is 358 g/mol. The van der Waals surface area contributed by atoms with Gasteiger partial charge >= 0.3 is 0 Å². The number of fused-ring (bicyclic) bond motifs is 1. The molecule has 1 aliphatic rings. The number of thiophene rings is 2. The van der Waals surface area contributed by atoms with Gasteiger partial charge in [-0.05, 0) is 59.1 Å². The summed E-state index contributed by atoms with van der Waals surface area (Å²) in [6.07, 6.45) is 0. The minimum absolute atomic E-state index is 0.242. The van der Waals surface area contributed by atoms with E-state index >= 15 is 0 Å². The van der Waals surface area contributed by atoms with Crippen LogP contribution < -0.4 is 4.74 Å². The van der Waals surface area contributed by atoms with Gasteiger partial charge in [0.2, 0.25) is 0 Å². The maximum Gasteiger partial charge on any atom is 0.165 e. The van der Waals surface area contributed by atoms with E-state index in [-0.39, 0.29) is 5.75 Å². The topological polar surface area (TPSA) is 32.7 Å². The highest BCUT2D eigenvalue weighted by molar-refractivity contribution is 7.15. The largest absolute Gasteiger partial charge is 0.504 e. The van der Waals surface area contributed by atoms with Crippen molar-refractivity contribution in [3.05, 3.63) is 57.1 Å². The first kappa shape index (κ1) is 15.7. The third-order valence-electron chi connectivity index (χ3n) is 4.21. The van der Waals surface area contributed by atoms with E-state index in [2.05, 4.69) is 46.8 Å². The fourth-order valence-electron chi connectivity index (χ4n) is 3.06. The number of nitrogens with zero attached hydrogens (tertiary/aromatic N) is 1. The van der Waals surface area contributed by atoms with E-state index < -0.39 is 0 Å². The highest BCUT2D eigenvalue weighted by atomic mass is 32.1. The van der Waals surface area contributed by atoms with Crippen molar-refractivity contribution in [1.82, 2.24) is 4.90 Å². The lowest BCUT2D eigenvalue weighted by molar-refractivity contribution is 0.217. The predicted molar refractivity (Wildman–Crippen MR) is 100 cm³/mol. The Labute approximate surface area is 149 Å². The molecule has 3 aromatic rings. The second-order valence-electron chi connectivity index (χ2n) is 6.08. The maximum absolute atomic E-state index is 10.4. The zero-order chi connectivity index (χ0) is 16.5. The van der Waals surface area contributed by atoms with Gasteiger partial charge in [0.1, 0.15) is 6.61 Å². The highest BCUT2D eigenvalue weighted by Crippen LogP contribution is 2.39. The Morgan fingerprint density at radius 1 is 1.25 bits per heavy atom. The Hall–Kier alpha value is -1.82. The number of aromatic hydroxyl groups is 1. The molecular formula is C19H19NO2S2. The molecule has 0 saturated heterocycles. The van der Waals surface area contributed by atoms with E-state index in [0.29, 0.717) is 12.4 Å². The normalized spacial score (nSPS) is 14.9. The van der Waals surface area contributed by atoms with Crippen LogP contribution in [-0.4, -0.2) is 23.2 Å². The van der Waals surface area contributed by atoms with Gasteiger partial charge in [-0.25, -0.2) is 0 Å². The van der Waals surface area contributed by atoms with Gasteiger partial charge < -0.3 is 9.84 Å². The van der Waals surface area contributed by atoms with Crippen molar-refractivity contribution in [2.75, 3.05) is 13.2 Å². The average Bonchev–Trinajstić information content (AvgIpc) is 3.16. The van der Waals surface area contributed by atoms with Crippen LogP contribution in [0.2, 0.25) is 0 Å². The van der Waals surface area contributed by atoms with Crippen LogP contribution in [0.25, 0.3) is 10.4 Å². The fourth-order valence-corrected chi connectivity index (χ4v) is 4.58. The van der Waals surface area contributed by atoms with Crippen LogP contribution in [-0.2, 0) is 13.1 Å². The SMILES string of the molecule is Cc1ccc(-c2cc(O)c3c(c2)CN(Cc2ccsc2)CCO3)s1. The summed E-state index contributed by atoms with van der Waals surface area (Å²) in [6, 6.07) is 10.4. The van der Waals surface area contributed by atoms with Crippen LogP contribution >= 0.6 is 22.7 Å². The van der Waals surface area contributed by atoms with Crippen molar-refractivity contribution in [3.63, 3.8) is 0 Å². The van der Waals surface area contributed by atoms with E-state index in [1.165, 1.54) is 15.3 Å². The molecule has 5 heteroatoms. The lowest BCUT2D eigenvalue weighted by Crippen LogP contribution is -2.24. The number of ether oxygens (including phenoxy) is 1. The minimum atomic E-state index is 0.242. The lowest BCUT2D eigenvalue weighted by atomic mass is 10.1. The molecule has 124 valence electrons. The highest BCUT2D eigenvalue weighted by Gasteiger charge is 2.20. The molecule has 24 heavy (non-hydrogen) atoms. The van der Waals surface area contributed by atoms with Crippen LogP contribution in [0, 0.1) is 6.92 Å². The maximum atomic E-state index is 10.4. The van der Waals surface area contributed by atoms with Gasteiger partial charge in [0.25, 0.3) is 0 Å².